The van der Waals surface area contributed by atoms with Gasteiger partial charge in [-0.05, 0) is 50.4 Å². The molecule has 4 nitrogen and oxygen atoms in total. The zero-order valence-electron chi connectivity index (χ0n) is 12.2. The third kappa shape index (κ3) is 2.80. The molecule has 1 aromatic carbocycles. The number of carboxylic acids is 1. The number of aliphatic carboxylic acids is 1. The molecule has 0 saturated carbocycles. The molecule has 1 saturated heterocycles. The van der Waals surface area contributed by atoms with Gasteiger partial charge in [0.05, 0.1) is 5.41 Å². The van der Waals surface area contributed by atoms with E-state index in [1.165, 1.54) is 0 Å². The second-order valence-electron chi connectivity index (χ2n) is 5.78. The molecule has 4 heteroatoms. The molecule has 0 spiro atoms. The molecule has 1 heterocycles. The van der Waals surface area contributed by atoms with E-state index < -0.39 is 11.4 Å². The van der Waals surface area contributed by atoms with Crippen LogP contribution in [0.4, 0.5) is 0 Å². The lowest BCUT2D eigenvalue weighted by atomic mass is 9.77. The normalized spacial score (nSPS) is 25.3. The first-order valence-corrected chi connectivity index (χ1v) is 7.25. The molecule has 0 aliphatic carbocycles. The number of carboxylic acid groups (broad SMARTS) is 1. The zero-order chi connectivity index (χ0) is 14.8. The molecule has 0 amide bonds. The van der Waals surface area contributed by atoms with E-state index in [0.29, 0.717) is 13.0 Å². The summed E-state index contributed by atoms with van der Waals surface area (Å²) in [5.41, 5.74) is 0.408. The molecule has 20 heavy (non-hydrogen) atoms. The van der Waals surface area contributed by atoms with Gasteiger partial charge in [0.1, 0.15) is 5.75 Å². The maximum Gasteiger partial charge on any atom is 0.310 e. The van der Waals surface area contributed by atoms with Crippen molar-refractivity contribution in [2.75, 3.05) is 13.1 Å². The van der Waals surface area contributed by atoms with E-state index in [9.17, 15) is 15.0 Å². The van der Waals surface area contributed by atoms with Crippen molar-refractivity contribution in [3.63, 3.8) is 0 Å². The van der Waals surface area contributed by atoms with Crippen LogP contribution in [0.2, 0.25) is 0 Å². The largest absolute Gasteiger partial charge is 0.508 e. The molecule has 0 radical (unpaired) electrons. The number of piperidine rings is 1. The van der Waals surface area contributed by atoms with Crippen LogP contribution in [0.5, 0.6) is 5.75 Å². The molecule has 1 aliphatic heterocycles. The third-order valence-corrected chi connectivity index (χ3v) is 4.64. The number of hydrogen-bond donors (Lipinski definition) is 2. The average Bonchev–Trinajstić information content (AvgIpc) is 2.46. The van der Waals surface area contributed by atoms with Crippen LogP contribution in [-0.2, 0) is 4.79 Å². The Hall–Kier alpha value is -1.55. The number of phenols is 1. The fraction of sp³-hybridized carbons (Fsp3) is 0.562. The molecule has 110 valence electrons. The van der Waals surface area contributed by atoms with Crippen molar-refractivity contribution in [2.45, 2.75) is 39.2 Å². The Bertz CT molecular complexity index is 488. The summed E-state index contributed by atoms with van der Waals surface area (Å²) < 4.78 is 0. The standard InChI is InChI=1S/C16H23NO3/c1-3-16(15(19)20)8-5-9-17(11-16)12(2)13-6-4-7-14(18)10-13/h4,6-7,10,12,18H,3,5,8-9,11H2,1-2H3,(H,19,20). The first-order chi connectivity index (χ1) is 9.48. The molecule has 0 aromatic heterocycles. The molecule has 2 rings (SSSR count). The lowest BCUT2D eigenvalue weighted by Crippen LogP contribution is -2.48. The fourth-order valence-corrected chi connectivity index (χ4v) is 3.11. The summed E-state index contributed by atoms with van der Waals surface area (Å²) in [6.45, 7) is 5.51. The monoisotopic (exact) mass is 277 g/mol. The van der Waals surface area contributed by atoms with E-state index in [2.05, 4.69) is 11.8 Å². The minimum atomic E-state index is -0.687. The Labute approximate surface area is 120 Å². The Morgan fingerprint density at radius 3 is 2.85 bits per heavy atom. The summed E-state index contributed by atoms with van der Waals surface area (Å²) in [6.07, 6.45) is 2.32. The Morgan fingerprint density at radius 1 is 1.50 bits per heavy atom. The SMILES string of the molecule is CCC1(C(=O)O)CCCN(C(C)c2cccc(O)c2)C1. The number of phenolic OH excluding ortho intramolecular Hbond substituents is 1. The van der Waals surface area contributed by atoms with E-state index in [-0.39, 0.29) is 11.8 Å². The van der Waals surface area contributed by atoms with Gasteiger partial charge < -0.3 is 10.2 Å². The average molecular weight is 277 g/mol. The minimum Gasteiger partial charge on any atom is -0.508 e. The van der Waals surface area contributed by atoms with Crippen LogP contribution in [0.15, 0.2) is 24.3 Å². The van der Waals surface area contributed by atoms with Crippen molar-refractivity contribution in [1.29, 1.82) is 0 Å². The highest BCUT2D eigenvalue weighted by Crippen LogP contribution is 2.37. The zero-order valence-corrected chi connectivity index (χ0v) is 12.2. The Morgan fingerprint density at radius 2 is 2.25 bits per heavy atom. The summed E-state index contributed by atoms with van der Waals surface area (Å²) in [5.74, 6) is -0.431. The molecule has 1 fully saturated rings. The first-order valence-electron chi connectivity index (χ1n) is 7.25. The number of benzene rings is 1. The summed E-state index contributed by atoms with van der Waals surface area (Å²) in [5, 5.41) is 19.1. The van der Waals surface area contributed by atoms with Crippen molar-refractivity contribution in [3.05, 3.63) is 29.8 Å². The quantitative estimate of drug-likeness (QED) is 0.888. The maximum absolute atomic E-state index is 11.6. The van der Waals surface area contributed by atoms with Gasteiger partial charge in [-0.25, -0.2) is 0 Å². The van der Waals surface area contributed by atoms with Gasteiger partial charge in [0.2, 0.25) is 0 Å². The van der Waals surface area contributed by atoms with Crippen molar-refractivity contribution in [2.24, 2.45) is 5.41 Å². The Kier molecular flexibility index (Phi) is 4.33. The molecular formula is C16H23NO3. The highest BCUT2D eigenvalue weighted by Gasteiger charge is 2.41. The van der Waals surface area contributed by atoms with Crippen molar-refractivity contribution in [1.82, 2.24) is 4.90 Å². The molecule has 0 bridgehead atoms. The van der Waals surface area contributed by atoms with Crippen LogP contribution in [0.3, 0.4) is 0 Å². The lowest BCUT2D eigenvalue weighted by molar-refractivity contribution is -0.153. The van der Waals surface area contributed by atoms with Gasteiger partial charge in [0.25, 0.3) is 0 Å². The molecule has 2 unspecified atom stereocenters. The summed E-state index contributed by atoms with van der Waals surface area (Å²) in [7, 11) is 0. The van der Waals surface area contributed by atoms with Crippen LogP contribution in [-0.4, -0.2) is 34.2 Å². The smallest absolute Gasteiger partial charge is 0.310 e. The van der Waals surface area contributed by atoms with E-state index in [4.69, 9.17) is 0 Å². The third-order valence-electron chi connectivity index (χ3n) is 4.64. The highest BCUT2D eigenvalue weighted by molar-refractivity contribution is 5.75. The Balaban J connectivity index is 2.18. The van der Waals surface area contributed by atoms with Crippen LogP contribution in [0.1, 0.15) is 44.7 Å². The maximum atomic E-state index is 11.6. The van der Waals surface area contributed by atoms with Gasteiger partial charge in [-0.15, -0.1) is 0 Å². The van der Waals surface area contributed by atoms with Gasteiger partial charge >= 0.3 is 5.97 Å². The number of nitrogens with zero attached hydrogens (tertiary/aromatic N) is 1. The number of rotatable bonds is 4. The van der Waals surface area contributed by atoms with Crippen LogP contribution in [0.25, 0.3) is 0 Å². The molecule has 2 atom stereocenters. The summed E-state index contributed by atoms with van der Waals surface area (Å²) in [4.78, 5) is 13.8. The second kappa shape index (κ2) is 5.83. The fourth-order valence-electron chi connectivity index (χ4n) is 3.11. The van der Waals surface area contributed by atoms with Gasteiger partial charge in [-0.1, -0.05) is 19.1 Å². The van der Waals surface area contributed by atoms with Crippen LogP contribution >= 0.6 is 0 Å². The number of carbonyl (C=O) groups is 1. The van der Waals surface area contributed by atoms with E-state index in [1.54, 1.807) is 12.1 Å². The van der Waals surface area contributed by atoms with Crippen molar-refractivity contribution in [3.8, 4) is 5.75 Å². The first kappa shape index (κ1) is 14.9. The lowest BCUT2D eigenvalue weighted by Gasteiger charge is -2.42. The van der Waals surface area contributed by atoms with Crippen LogP contribution < -0.4 is 0 Å². The molecule has 1 aliphatic rings. The van der Waals surface area contributed by atoms with E-state index in [0.717, 1.165) is 24.9 Å². The number of aromatic hydroxyl groups is 1. The highest BCUT2D eigenvalue weighted by atomic mass is 16.4. The van der Waals surface area contributed by atoms with Crippen LogP contribution in [0, 0.1) is 5.41 Å². The predicted octanol–water partition coefficient (Wildman–Crippen LogP) is 3.03. The number of likely N-dealkylation sites (tertiary alicyclic amines) is 1. The predicted molar refractivity (Wildman–Crippen MR) is 77.7 cm³/mol. The van der Waals surface area contributed by atoms with Gasteiger partial charge in [0.15, 0.2) is 0 Å². The van der Waals surface area contributed by atoms with Gasteiger partial charge in [0, 0.05) is 12.6 Å². The van der Waals surface area contributed by atoms with Crippen molar-refractivity contribution >= 4 is 5.97 Å². The summed E-state index contributed by atoms with van der Waals surface area (Å²) >= 11 is 0. The van der Waals surface area contributed by atoms with E-state index >= 15 is 0 Å². The van der Waals surface area contributed by atoms with E-state index in [1.807, 2.05) is 19.1 Å². The van der Waals surface area contributed by atoms with Gasteiger partial charge in [-0.3, -0.25) is 9.69 Å². The van der Waals surface area contributed by atoms with Gasteiger partial charge in [-0.2, -0.15) is 0 Å². The topological polar surface area (TPSA) is 60.8 Å². The van der Waals surface area contributed by atoms with Crippen molar-refractivity contribution < 1.29 is 15.0 Å². The molecule has 2 N–H and O–H groups in total. The minimum absolute atomic E-state index is 0.118. The number of hydrogen-bond acceptors (Lipinski definition) is 3. The summed E-state index contributed by atoms with van der Waals surface area (Å²) in [6, 6.07) is 7.34. The second-order valence-corrected chi connectivity index (χ2v) is 5.78. The molecule has 1 aromatic rings. The molecular weight excluding hydrogens is 254 g/mol.